The van der Waals surface area contributed by atoms with Crippen LogP contribution in [0.1, 0.15) is 29.5 Å². The van der Waals surface area contributed by atoms with Crippen LogP contribution in [0.3, 0.4) is 0 Å². The Labute approximate surface area is 168 Å². The van der Waals surface area contributed by atoms with Crippen LogP contribution in [-0.2, 0) is 10.2 Å². The second kappa shape index (κ2) is 6.67. The normalized spacial score (nSPS) is 14.7. The fourth-order valence-electron chi connectivity index (χ4n) is 3.67. The van der Waals surface area contributed by atoms with Crippen molar-refractivity contribution >= 4 is 22.9 Å². The number of amides is 1. The SMILES string of the molecule is Cc1csc(-c2cc(N(C)C(=O)C3(c4ccc(O)c(O)c4)CC3)ccc2C)c1. The first-order valence-corrected chi connectivity index (χ1v) is 10.2. The Balaban J connectivity index is 1.67. The van der Waals surface area contributed by atoms with E-state index in [0.29, 0.717) is 0 Å². The lowest BCUT2D eigenvalue weighted by Crippen LogP contribution is -2.36. The van der Waals surface area contributed by atoms with Gasteiger partial charge in [0.25, 0.3) is 0 Å². The average Bonchev–Trinajstić information content (AvgIpc) is 3.38. The van der Waals surface area contributed by atoms with E-state index in [1.54, 1.807) is 29.4 Å². The van der Waals surface area contributed by atoms with Crippen molar-refractivity contribution in [3.05, 3.63) is 64.5 Å². The van der Waals surface area contributed by atoms with Gasteiger partial charge in [0.2, 0.25) is 5.91 Å². The van der Waals surface area contributed by atoms with E-state index in [4.69, 9.17) is 0 Å². The lowest BCUT2D eigenvalue weighted by molar-refractivity contribution is -0.120. The number of likely N-dealkylation sites (N-methyl/N-ethyl adjacent to an activating group) is 1. The number of rotatable bonds is 4. The first kappa shape index (κ1) is 18.6. The first-order valence-electron chi connectivity index (χ1n) is 9.28. The van der Waals surface area contributed by atoms with Crippen molar-refractivity contribution in [1.82, 2.24) is 0 Å². The summed E-state index contributed by atoms with van der Waals surface area (Å²) in [6.07, 6.45) is 1.48. The number of phenols is 2. The molecule has 0 bridgehead atoms. The highest BCUT2D eigenvalue weighted by Crippen LogP contribution is 2.51. The van der Waals surface area contributed by atoms with Crippen molar-refractivity contribution in [2.75, 3.05) is 11.9 Å². The van der Waals surface area contributed by atoms with Crippen LogP contribution in [0.2, 0.25) is 0 Å². The molecule has 1 aliphatic rings. The third kappa shape index (κ3) is 3.06. The number of nitrogens with zero attached hydrogens (tertiary/aromatic N) is 1. The van der Waals surface area contributed by atoms with Crippen LogP contribution in [0.5, 0.6) is 11.5 Å². The Morgan fingerprint density at radius 2 is 1.79 bits per heavy atom. The molecule has 0 unspecified atom stereocenters. The van der Waals surface area contributed by atoms with Crippen LogP contribution in [0.25, 0.3) is 10.4 Å². The molecule has 5 heteroatoms. The fourth-order valence-corrected chi connectivity index (χ4v) is 4.65. The van der Waals surface area contributed by atoms with Crippen molar-refractivity contribution in [3.63, 3.8) is 0 Å². The van der Waals surface area contributed by atoms with E-state index in [-0.39, 0.29) is 17.4 Å². The van der Waals surface area contributed by atoms with Gasteiger partial charge in [0.1, 0.15) is 0 Å². The molecule has 0 radical (unpaired) electrons. The van der Waals surface area contributed by atoms with E-state index in [0.717, 1.165) is 29.7 Å². The maximum atomic E-state index is 13.3. The summed E-state index contributed by atoms with van der Waals surface area (Å²) in [5, 5.41) is 21.6. The molecule has 4 rings (SSSR count). The van der Waals surface area contributed by atoms with Crippen LogP contribution in [0.4, 0.5) is 5.69 Å². The van der Waals surface area contributed by atoms with Crippen molar-refractivity contribution in [2.24, 2.45) is 0 Å². The predicted octanol–water partition coefficient (Wildman–Crippen LogP) is 5.14. The van der Waals surface area contributed by atoms with E-state index >= 15 is 0 Å². The van der Waals surface area contributed by atoms with Crippen LogP contribution >= 0.6 is 11.3 Å². The molecule has 0 aliphatic heterocycles. The zero-order valence-corrected chi connectivity index (χ0v) is 17.0. The van der Waals surface area contributed by atoms with Crippen LogP contribution in [0, 0.1) is 13.8 Å². The van der Waals surface area contributed by atoms with Crippen LogP contribution in [0.15, 0.2) is 47.8 Å². The predicted molar refractivity (Wildman–Crippen MR) is 113 cm³/mol. The molecule has 1 amide bonds. The van der Waals surface area contributed by atoms with E-state index in [1.165, 1.54) is 28.1 Å². The summed E-state index contributed by atoms with van der Waals surface area (Å²) in [5.41, 5.74) is 4.54. The summed E-state index contributed by atoms with van der Waals surface area (Å²) in [6.45, 7) is 4.16. The molecule has 0 saturated heterocycles. The number of phenolic OH excluding ortho intramolecular Hbond substituents is 2. The standard InChI is InChI=1S/C23H23NO3S/c1-14-10-21(28-13-14)18-12-17(6-4-15(18)2)24(3)22(27)23(8-9-23)16-5-7-19(25)20(26)11-16/h4-7,10-13,25-26H,8-9H2,1-3H3. The van der Waals surface area contributed by atoms with Gasteiger partial charge in [-0.25, -0.2) is 0 Å². The number of thiophene rings is 1. The van der Waals surface area contributed by atoms with Crippen molar-refractivity contribution < 1.29 is 15.0 Å². The number of benzene rings is 2. The molecule has 1 fully saturated rings. The van der Waals surface area contributed by atoms with Gasteiger partial charge in [0.05, 0.1) is 5.41 Å². The lowest BCUT2D eigenvalue weighted by Gasteiger charge is -2.25. The molecular weight excluding hydrogens is 370 g/mol. The van der Waals surface area contributed by atoms with Gasteiger partial charge in [-0.15, -0.1) is 11.3 Å². The zero-order chi connectivity index (χ0) is 20.1. The molecule has 4 nitrogen and oxygen atoms in total. The number of hydrogen-bond acceptors (Lipinski definition) is 4. The summed E-state index contributed by atoms with van der Waals surface area (Å²) in [7, 11) is 1.80. The van der Waals surface area contributed by atoms with Gasteiger partial charge in [-0.1, -0.05) is 12.1 Å². The highest BCUT2D eigenvalue weighted by molar-refractivity contribution is 7.13. The van der Waals surface area contributed by atoms with Gasteiger partial charge in [-0.2, -0.15) is 0 Å². The highest BCUT2D eigenvalue weighted by Gasteiger charge is 2.53. The molecule has 1 saturated carbocycles. The Bertz CT molecular complexity index is 1070. The molecular formula is C23H23NO3S. The molecule has 0 atom stereocenters. The zero-order valence-electron chi connectivity index (χ0n) is 16.2. The number of aryl methyl sites for hydroxylation is 2. The molecule has 144 valence electrons. The topological polar surface area (TPSA) is 60.8 Å². The number of hydrogen-bond donors (Lipinski definition) is 2. The Morgan fingerprint density at radius 1 is 1.04 bits per heavy atom. The monoisotopic (exact) mass is 393 g/mol. The third-order valence-corrected chi connectivity index (χ3v) is 6.68. The second-order valence-corrected chi connectivity index (χ2v) is 8.55. The summed E-state index contributed by atoms with van der Waals surface area (Å²) in [5.74, 6) is -0.352. The number of carbonyl (C=O) groups excluding carboxylic acids is 1. The largest absolute Gasteiger partial charge is 0.504 e. The van der Waals surface area contributed by atoms with E-state index < -0.39 is 5.41 Å². The lowest BCUT2D eigenvalue weighted by atomic mass is 9.93. The number of carbonyl (C=O) groups is 1. The first-order chi connectivity index (χ1) is 13.3. The molecule has 2 aromatic carbocycles. The smallest absolute Gasteiger partial charge is 0.237 e. The summed E-state index contributed by atoms with van der Waals surface area (Å²) < 4.78 is 0. The van der Waals surface area contributed by atoms with Crippen molar-refractivity contribution in [3.8, 4) is 21.9 Å². The van der Waals surface area contributed by atoms with E-state index in [9.17, 15) is 15.0 Å². The molecule has 1 aliphatic carbocycles. The molecule has 1 heterocycles. The quantitative estimate of drug-likeness (QED) is 0.604. The molecule has 0 spiro atoms. The maximum Gasteiger partial charge on any atom is 0.237 e. The summed E-state index contributed by atoms with van der Waals surface area (Å²) >= 11 is 1.71. The van der Waals surface area contributed by atoms with Crippen molar-refractivity contribution in [2.45, 2.75) is 32.1 Å². The molecule has 1 aromatic heterocycles. The number of anilines is 1. The minimum Gasteiger partial charge on any atom is -0.504 e. The van der Waals surface area contributed by atoms with Crippen LogP contribution in [-0.4, -0.2) is 23.2 Å². The number of aromatic hydroxyl groups is 2. The highest BCUT2D eigenvalue weighted by atomic mass is 32.1. The summed E-state index contributed by atoms with van der Waals surface area (Å²) in [6, 6.07) is 12.9. The van der Waals surface area contributed by atoms with Gasteiger partial charge in [-0.3, -0.25) is 4.79 Å². The van der Waals surface area contributed by atoms with Gasteiger partial charge < -0.3 is 15.1 Å². The summed E-state index contributed by atoms with van der Waals surface area (Å²) in [4.78, 5) is 16.3. The Morgan fingerprint density at radius 3 is 2.39 bits per heavy atom. The van der Waals surface area contributed by atoms with E-state index in [2.05, 4.69) is 37.4 Å². The molecule has 28 heavy (non-hydrogen) atoms. The average molecular weight is 394 g/mol. The van der Waals surface area contributed by atoms with Gasteiger partial charge in [0, 0.05) is 17.6 Å². The minimum absolute atomic E-state index is 0.00903. The van der Waals surface area contributed by atoms with Crippen molar-refractivity contribution in [1.29, 1.82) is 0 Å². The maximum absolute atomic E-state index is 13.3. The minimum atomic E-state index is -0.621. The van der Waals surface area contributed by atoms with Gasteiger partial charge >= 0.3 is 0 Å². The Hall–Kier alpha value is -2.79. The van der Waals surface area contributed by atoms with Gasteiger partial charge in [0.15, 0.2) is 11.5 Å². The fraction of sp³-hybridized carbons (Fsp3) is 0.261. The molecule has 3 aromatic rings. The van der Waals surface area contributed by atoms with E-state index in [1.807, 2.05) is 6.07 Å². The Kier molecular flexibility index (Phi) is 4.42. The van der Waals surface area contributed by atoms with Crippen LogP contribution < -0.4 is 4.90 Å². The third-order valence-electron chi connectivity index (χ3n) is 5.60. The second-order valence-electron chi connectivity index (χ2n) is 7.64. The van der Waals surface area contributed by atoms with Gasteiger partial charge in [-0.05, 0) is 84.7 Å². The molecule has 2 N–H and O–H groups in total.